The monoisotopic (exact) mass is 494 g/mol. The lowest BCUT2D eigenvalue weighted by Gasteiger charge is -2.59. The summed E-state index contributed by atoms with van der Waals surface area (Å²) in [5, 5.41) is 0. The predicted molar refractivity (Wildman–Crippen MR) is 142 cm³/mol. The molecule has 3 fully saturated rings. The molecule has 198 valence electrons. The molecule has 0 saturated heterocycles. The van der Waals surface area contributed by atoms with Gasteiger partial charge in [-0.25, -0.2) is 4.79 Å². The topological polar surface area (TPSA) is 52.6 Å². The van der Waals surface area contributed by atoms with Crippen LogP contribution in [0, 0.1) is 45.3 Å². The number of hydrogen-bond acceptors (Lipinski definition) is 4. The van der Waals surface area contributed by atoms with E-state index in [1.807, 2.05) is 13.8 Å². The Morgan fingerprint density at radius 3 is 2.64 bits per heavy atom. The normalized spacial score (nSPS) is 45.5. The van der Waals surface area contributed by atoms with Crippen LogP contribution < -0.4 is 0 Å². The fraction of sp³-hybridized carbons (Fsp3) is 0.750. The van der Waals surface area contributed by atoms with Crippen molar-refractivity contribution >= 4 is 11.9 Å². The van der Waals surface area contributed by atoms with Gasteiger partial charge in [0.05, 0.1) is 6.61 Å². The molecule has 0 bridgehead atoms. The molecule has 36 heavy (non-hydrogen) atoms. The Kier molecular flexibility index (Phi) is 6.16. The lowest BCUT2D eigenvalue weighted by Crippen LogP contribution is -2.53. The van der Waals surface area contributed by atoms with Crippen molar-refractivity contribution in [2.75, 3.05) is 6.61 Å². The van der Waals surface area contributed by atoms with E-state index >= 15 is 0 Å². The molecule has 1 heterocycles. The summed E-state index contributed by atoms with van der Waals surface area (Å²) in [6, 6.07) is 0. The summed E-state index contributed by atoms with van der Waals surface area (Å²) >= 11 is 0. The molecule has 0 amide bonds. The van der Waals surface area contributed by atoms with Crippen LogP contribution in [-0.4, -0.2) is 24.6 Å². The highest BCUT2D eigenvalue weighted by Crippen LogP contribution is 2.86. The third-order valence-corrected chi connectivity index (χ3v) is 12.1. The molecule has 4 heteroatoms. The van der Waals surface area contributed by atoms with E-state index in [2.05, 4.69) is 52.5 Å². The van der Waals surface area contributed by atoms with E-state index < -0.39 is 0 Å². The van der Waals surface area contributed by atoms with Crippen molar-refractivity contribution in [3.8, 4) is 0 Å². The molecule has 1 aliphatic heterocycles. The molecule has 0 N–H and O–H groups in total. The molecule has 0 aromatic heterocycles. The summed E-state index contributed by atoms with van der Waals surface area (Å²) in [5.74, 6) is 1.57. The third kappa shape index (κ3) is 3.38. The van der Waals surface area contributed by atoms with Gasteiger partial charge in [0.2, 0.25) is 0 Å². The number of esters is 2. The largest absolute Gasteiger partial charge is 0.466 e. The van der Waals surface area contributed by atoms with Crippen molar-refractivity contribution in [1.29, 1.82) is 0 Å². The minimum absolute atomic E-state index is 0.0134. The van der Waals surface area contributed by atoms with Crippen LogP contribution >= 0.6 is 0 Å². The minimum atomic E-state index is -0.142. The Hall–Kier alpha value is -1.84. The molecule has 9 atom stereocenters. The Balaban J connectivity index is 1.43. The van der Waals surface area contributed by atoms with Crippen LogP contribution in [0.1, 0.15) is 92.9 Å². The van der Waals surface area contributed by atoms with E-state index in [0.29, 0.717) is 36.7 Å². The average Bonchev–Trinajstić information content (AvgIpc) is 3.42. The van der Waals surface area contributed by atoms with Gasteiger partial charge in [-0.05, 0) is 98.7 Å². The van der Waals surface area contributed by atoms with E-state index in [1.165, 1.54) is 37.7 Å². The number of cyclic esters (lactones) is 1. The van der Waals surface area contributed by atoms with Gasteiger partial charge in [0.15, 0.2) is 0 Å². The van der Waals surface area contributed by atoms with Crippen molar-refractivity contribution in [3.05, 3.63) is 36.0 Å². The average molecular weight is 495 g/mol. The van der Waals surface area contributed by atoms with E-state index in [-0.39, 0.29) is 39.7 Å². The molecular weight excluding hydrogens is 448 g/mol. The van der Waals surface area contributed by atoms with Gasteiger partial charge in [0.1, 0.15) is 6.10 Å². The molecule has 4 aliphatic carbocycles. The number of hydrogen-bond donors (Lipinski definition) is 0. The van der Waals surface area contributed by atoms with Gasteiger partial charge >= 0.3 is 11.9 Å². The van der Waals surface area contributed by atoms with Crippen LogP contribution in [0.25, 0.3) is 0 Å². The summed E-state index contributed by atoms with van der Waals surface area (Å²) in [7, 11) is 0. The zero-order chi connectivity index (χ0) is 26.1. The summed E-state index contributed by atoms with van der Waals surface area (Å²) in [6.45, 7) is 18.2. The molecule has 5 rings (SSSR count). The van der Waals surface area contributed by atoms with E-state index in [1.54, 1.807) is 0 Å². The highest BCUT2D eigenvalue weighted by Gasteiger charge is 2.79. The minimum Gasteiger partial charge on any atom is -0.466 e. The van der Waals surface area contributed by atoms with Crippen molar-refractivity contribution in [2.45, 2.75) is 99.0 Å². The van der Waals surface area contributed by atoms with Crippen LogP contribution in [0.3, 0.4) is 0 Å². The molecule has 1 spiro atoms. The molecule has 3 saturated carbocycles. The number of rotatable bonds is 7. The van der Waals surface area contributed by atoms with Crippen LogP contribution in [-0.2, 0) is 19.1 Å². The molecule has 0 aromatic rings. The highest BCUT2D eigenvalue weighted by atomic mass is 16.5. The molecule has 0 radical (unpaired) electrons. The van der Waals surface area contributed by atoms with Crippen molar-refractivity contribution in [1.82, 2.24) is 0 Å². The Bertz CT molecular complexity index is 1020. The Morgan fingerprint density at radius 1 is 1.22 bits per heavy atom. The van der Waals surface area contributed by atoms with E-state index in [9.17, 15) is 9.59 Å². The fourth-order valence-corrected chi connectivity index (χ4v) is 9.98. The highest BCUT2D eigenvalue weighted by molar-refractivity contribution is 5.88. The van der Waals surface area contributed by atoms with Gasteiger partial charge in [-0.1, -0.05) is 51.2 Å². The smallest absolute Gasteiger partial charge is 0.333 e. The number of allylic oxidation sites excluding steroid dienone is 3. The summed E-state index contributed by atoms with van der Waals surface area (Å²) in [6.07, 6.45) is 15.4. The molecular formula is C32H46O4. The lowest BCUT2D eigenvalue weighted by molar-refractivity contribution is -0.152. The summed E-state index contributed by atoms with van der Waals surface area (Å²) in [5.41, 5.74) is 2.79. The maximum absolute atomic E-state index is 12.4. The zero-order valence-corrected chi connectivity index (χ0v) is 23.3. The Morgan fingerprint density at radius 2 is 1.97 bits per heavy atom. The molecule has 5 aliphatic rings. The second kappa shape index (κ2) is 8.60. The third-order valence-electron chi connectivity index (χ3n) is 12.1. The fourth-order valence-electron chi connectivity index (χ4n) is 9.98. The quantitative estimate of drug-likeness (QED) is 0.277. The van der Waals surface area contributed by atoms with Crippen LogP contribution in [0.2, 0.25) is 0 Å². The standard InChI is InChI=1S/C32H46O4/c1-8-35-27(33)14-16-31-19-32(31)18-17-29(6)24(22(5)25-11-9-21(4)28(34)36-25)13-15-30(29,7)26(32)12-10-23(31)20(2)3/h9-10,12,22-26H,2,8,11,13-19H2,1,3-7H3/t22-,23-,24+,25+,26+,29+,30-,31+,32-/m0/s1. The first-order chi connectivity index (χ1) is 17.0. The van der Waals surface area contributed by atoms with Crippen molar-refractivity contribution < 1.29 is 19.1 Å². The lowest BCUT2D eigenvalue weighted by atomic mass is 9.45. The maximum atomic E-state index is 12.4. The van der Waals surface area contributed by atoms with E-state index in [0.717, 1.165) is 18.4 Å². The van der Waals surface area contributed by atoms with Gasteiger partial charge in [-0.3, -0.25) is 4.79 Å². The van der Waals surface area contributed by atoms with Crippen LogP contribution in [0.5, 0.6) is 0 Å². The Labute approximate surface area is 218 Å². The van der Waals surface area contributed by atoms with Gasteiger partial charge in [-0.2, -0.15) is 0 Å². The first-order valence-electron chi connectivity index (χ1n) is 14.3. The molecule has 0 aromatic carbocycles. The number of carbonyl (C=O) groups is 2. The SMILES string of the molecule is C=C(C)[C@@H]1C=C[C@H]2[C@]3(CC[C@]4(C)[C@@H]([C@H](C)[C@H]5CC=C(C)C(=O)O5)CC[C@@]24C)C[C@]13CCC(=O)OCC. The molecule has 0 unspecified atom stereocenters. The predicted octanol–water partition coefficient (Wildman–Crippen LogP) is 7.20. The maximum Gasteiger partial charge on any atom is 0.333 e. The summed E-state index contributed by atoms with van der Waals surface area (Å²) in [4.78, 5) is 24.7. The molecule has 4 nitrogen and oxygen atoms in total. The zero-order valence-electron chi connectivity index (χ0n) is 23.3. The second-order valence-electron chi connectivity index (χ2n) is 13.4. The van der Waals surface area contributed by atoms with Gasteiger partial charge < -0.3 is 9.47 Å². The van der Waals surface area contributed by atoms with E-state index in [4.69, 9.17) is 9.47 Å². The summed E-state index contributed by atoms with van der Waals surface area (Å²) < 4.78 is 11.2. The van der Waals surface area contributed by atoms with Crippen LogP contribution in [0.4, 0.5) is 0 Å². The number of ether oxygens (including phenoxy) is 2. The first kappa shape index (κ1) is 25.8. The van der Waals surface area contributed by atoms with Gasteiger partial charge in [0.25, 0.3) is 0 Å². The second-order valence-corrected chi connectivity index (χ2v) is 13.4. The number of carbonyl (C=O) groups excluding carboxylic acids is 2. The number of fused-ring (bicyclic) bond motifs is 2. The van der Waals surface area contributed by atoms with Crippen molar-refractivity contribution in [3.63, 3.8) is 0 Å². The van der Waals surface area contributed by atoms with Crippen LogP contribution in [0.15, 0.2) is 36.0 Å². The first-order valence-corrected chi connectivity index (χ1v) is 14.3. The van der Waals surface area contributed by atoms with Gasteiger partial charge in [-0.15, -0.1) is 0 Å². The van der Waals surface area contributed by atoms with Gasteiger partial charge in [0, 0.05) is 24.3 Å². The van der Waals surface area contributed by atoms with Crippen molar-refractivity contribution in [2.24, 2.45) is 45.3 Å².